The van der Waals surface area contributed by atoms with Crippen molar-refractivity contribution in [2.24, 2.45) is 0 Å². The quantitative estimate of drug-likeness (QED) is 0.559. The number of ether oxygens (including phenoxy) is 1. The van der Waals surface area contributed by atoms with Crippen LogP contribution in [0.3, 0.4) is 0 Å². The van der Waals surface area contributed by atoms with Crippen LogP contribution in [0.1, 0.15) is 22.3 Å². The number of anilines is 1. The predicted octanol–water partition coefficient (Wildman–Crippen LogP) is 2.51. The molecule has 0 saturated carbocycles. The molecular weight excluding hydrogens is 462 g/mol. The Bertz CT molecular complexity index is 1090. The largest absolute Gasteiger partial charge is 0.379 e. The van der Waals surface area contributed by atoms with Crippen LogP contribution in [-0.2, 0) is 19.6 Å². The molecule has 1 atom stereocenters. The van der Waals surface area contributed by atoms with Gasteiger partial charge in [0.15, 0.2) is 0 Å². The van der Waals surface area contributed by atoms with Crippen molar-refractivity contribution >= 4 is 39.3 Å². The molecule has 3 rings (SSSR count). The van der Waals surface area contributed by atoms with Gasteiger partial charge in [-0.2, -0.15) is 16.1 Å². The van der Waals surface area contributed by atoms with Gasteiger partial charge in [-0.1, -0.05) is 18.2 Å². The summed E-state index contributed by atoms with van der Waals surface area (Å²) >= 11 is 1.57. The highest BCUT2D eigenvalue weighted by Crippen LogP contribution is 2.19. The number of amides is 2. The molecule has 1 aliphatic heterocycles. The zero-order valence-corrected chi connectivity index (χ0v) is 20.4. The van der Waals surface area contributed by atoms with E-state index in [4.69, 9.17) is 4.74 Å². The summed E-state index contributed by atoms with van der Waals surface area (Å²) < 4.78 is 32.5. The third-order valence-electron chi connectivity index (χ3n) is 5.22. The molecule has 0 aromatic heterocycles. The number of nitrogens with zero attached hydrogens (tertiary/aromatic N) is 1. The van der Waals surface area contributed by atoms with Gasteiger partial charge in [0.05, 0.1) is 18.1 Å². The Morgan fingerprint density at radius 1 is 1.12 bits per heavy atom. The molecule has 0 spiro atoms. The zero-order valence-electron chi connectivity index (χ0n) is 18.7. The first kappa shape index (κ1) is 25.2. The second kappa shape index (κ2) is 11.6. The lowest BCUT2D eigenvalue weighted by molar-refractivity contribution is -0.118. The number of hydrogen-bond acceptors (Lipinski definition) is 6. The van der Waals surface area contributed by atoms with Crippen LogP contribution in [0.4, 0.5) is 5.69 Å². The molecule has 0 radical (unpaired) electrons. The summed E-state index contributed by atoms with van der Waals surface area (Å²) in [6.07, 6.45) is 2.37. The number of nitrogens with one attached hydrogen (secondary N) is 2. The van der Waals surface area contributed by atoms with E-state index in [1.54, 1.807) is 17.8 Å². The van der Waals surface area contributed by atoms with Crippen LogP contribution >= 0.6 is 11.8 Å². The van der Waals surface area contributed by atoms with Crippen molar-refractivity contribution in [3.8, 4) is 0 Å². The predicted molar refractivity (Wildman–Crippen MR) is 130 cm³/mol. The molecule has 1 heterocycles. The van der Waals surface area contributed by atoms with E-state index in [1.807, 2.05) is 31.4 Å². The van der Waals surface area contributed by atoms with Crippen LogP contribution in [-0.4, -0.2) is 68.9 Å². The second-order valence-electron chi connectivity index (χ2n) is 7.71. The first-order valence-corrected chi connectivity index (χ1v) is 13.5. The molecule has 2 aromatic carbocycles. The standard InChI is InChI=1S/C23H29N3O5S2/c1-17-5-3-7-19(15-17)24-23(28)21(9-14-32-2)25-22(27)18-6-4-8-20(16-18)33(29,30)26-10-12-31-13-11-26/h3-8,15-16,21H,9-14H2,1-2H3,(H,24,28)(H,25,27)/t21-/m1/s1. The Morgan fingerprint density at radius 3 is 2.55 bits per heavy atom. The van der Waals surface area contributed by atoms with Crippen LogP contribution in [0.5, 0.6) is 0 Å². The summed E-state index contributed by atoms with van der Waals surface area (Å²) in [5.41, 5.74) is 1.85. The van der Waals surface area contributed by atoms with Crippen LogP contribution in [0.15, 0.2) is 53.4 Å². The summed E-state index contributed by atoms with van der Waals surface area (Å²) in [7, 11) is -3.73. The van der Waals surface area contributed by atoms with Crippen molar-refractivity contribution in [2.45, 2.75) is 24.3 Å². The average molecular weight is 492 g/mol. The van der Waals surface area contributed by atoms with Crippen molar-refractivity contribution in [1.29, 1.82) is 0 Å². The minimum absolute atomic E-state index is 0.0435. The smallest absolute Gasteiger partial charge is 0.251 e. The van der Waals surface area contributed by atoms with Gasteiger partial charge in [0.2, 0.25) is 15.9 Å². The van der Waals surface area contributed by atoms with E-state index in [-0.39, 0.29) is 29.5 Å². The first-order chi connectivity index (χ1) is 15.8. The van der Waals surface area contributed by atoms with Gasteiger partial charge in [-0.25, -0.2) is 8.42 Å². The van der Waals surface area contributed by atoms with Crippen LogP contribution in [0, 0.1) is 6.92 Å². The summed E-state index contributed by atoms with van der Waals surface area (Å²) in [6, 6.07) is 12.6. The van der Waals surface area contributed by atoms with Crippen molar-refractivity contribution in [1.82, 2.24) is 9.62 Å². The van der Waals surface area contributed by atoms with Gasteiger partial charge in [0.1, 0.15) is 6.04 Å². The first-order valence-electron chi connectivity index (χ1n) is 10.7. The molecule has 1 aliphatic rings. The van der Waals surface area contributed by atoms with E-state index in [0.717, 1.165) is 5.56 Å². The maximum Gasteiger partial charge on any atom is 0.251 e. The van der Waals surface area contributed by atoms with Gasteiger partial charge in [0.25, 0.3) is 5.91 Å². The molecular formula is C23H29N3O5S2. The third-order valence-corrected chi connectivity index (χ3v) is 7.76. The normalized spacial score (nSPS) is 15.6. The highest BCUT2D eigenvalue weighted by Gasteiger charge is 2.27. The summed E-state index contributed by atoms with van der Waals surface area (Å²) in [5.74, 6) is -0.142. The number of carbonyl (C=O) groups is 2. The van der Waals surface area contributed by atoms with Gasteiger partial charge in [-0.05, 0) is 61.2 Å². The maximum absolute atomic E-state index is 13.0. The molecule has 1 fully saturated rings. The van der Waals surface area contributed by atoms with Gasteiger partial charge >= 0.3 is 0 Å². The Morgan fingerprint density at radius 2 is 1.85 bits per heavy atom. The fourth-order valence-electron chi connectivity index (χ4n) is 3.43. The van der Waals surface area contributed by atoms with Crippen molar-refractivity contribution in [3.63, 3.8) is 0 Å². The van der Waals surface area contributed by atoms with Gasteiger partial charge in [-0.15, -0.1) is 0 Å². The molecule has 1 saturated heterocycles. The second-order valence-corrected chi connectivity index (χ2v) is 10.6. The molecule has 33 heavy (non-hydrogen) atoms. The highest BCUT2D eigenvalue weighted by molar-refractivity contribution is 7.98. The number of morpholine rings is 1. The molecule has 0 bridgehead atoms. The van der Waals surface area contributed by atoms with E-state index in [9.17, 15) is 18.0 Å². The molecule has 178 valence electrons. The highest BCUT2D eigenvalue weighted by atomic mass is 32.2. The Hall–Kier alpha value is -2.40. The van der Waals surface area contributed by atoms with E-state index in [2.05, 4.69) is 10.6 Å². The minimum atomic E-state index is -3.73. The van der Waals surface area contributed by atoms with E-state index >= 15 is 0 Å². The fraction of sp³-hybridized carbons (Fsp3) is 0.391. The fourth-order valence-corrected chi connectivity index (χ4v) is 5.36. The lowest BCUT2D eigenvalue weighted by atomic mass is 10.1. The topological polar surface area (TPSA) is 105 Å². The molecule has 10 heteroatoms. The number of carbonyl (C=O) groups excluding carboxylic acids is 2. The SMILES string of the molecule is CSCC[C@@H](NC(=O)c1cccc(S(=O)(=O)N2CCOCC2)c1)C(=O)Nc1cccc(C)c1. The monoisotopic (exact) mass is 491 g/mol. The lowest BCUT2D eigenvalue weighted by Crippen LogP contribution is -2.44. The average Bonchev–Trinajstić information content (AvgIpc) is 2.82. The Kier molecular flexibility index (Phi) is 8.90. The molecule has 2 amide bonds. The number of hydrogen-bond donors (Lipinski definition) is 2. The molecule has 0 aliphatic carbocycles. The van der Waals surface area contributed by atoms with Crippen molar-refractivity contribution in [3.05, 3.63) is 59.7 Å². The van der Waals surface area contributed by atoms with Crippen LogP contribution in [0.25, 0.3) is 0 Å². The number of sulfonamides is 1. The van der Waals surface area contributed by atoms with Crippen LogP contribution < -0.4 is 10.6 Å². The summed E-state index contributed by atoms with van der Waals surface area (Å²) in [4.78, 5) is 25.9. The Labute approximate surface area is 199 Å². The van der Waals surface area contributed by atoms with E-state index in [1.165, 1.54) is 28.6 Å². The third kappa shape index (κ3) is 6.80. The summed E-state index contributed by atoms with van der Waals surface area (Å²) in [5, 5.41) is 5.62. The van der Waals surface area contributed by atoms with Crippen LogP contribution in [0.2, 0.25) is 0 Å². The number of rotatable bonds is 9. The summed E-state index contributed by atoms with van der Waals surface area (Å²) in [6.45, 7) is 3.16. The Balaban J connectivity index is 1.75. The maximum atomic E-state index is 13.0. The number of thioether (sulfide) groups is 1. The zero-order chi connectivity index (χ0) is 23.8. The minimum Gasteiger partial charge on any atom is -0.379 e. The molecule has 2 aromatic rings. The molecule has 2 N–H and O–H groups in total. The molecule has 0 unspecified atom stereocenters. The van der Waals surface area contributed by atoms with Gasteiger partial charge < -0.3 is 15.4 Å². The number of benzene rings is 2. The van der Waals surface area contributed by atoms with E-state index in [0.29, 0.717) is 31.1 Å². The number of aryl methyl sites for hydroxylation is 1. The van der Waals surface area contributed by atoms with Crippen molar-refractivity contribution in [2.75, 3.05) is 43.6 Å². The van der Waals surface area contributed by atoms with Gasteiger partial charge in [0, 0.05) is 24.3 Å². The van der Waals surface area contributed by atoms with E-state index < -0.39 is 22.0 Å². The van der Waals surface area contributed by atoms with Gasteiger partial charge in [-0.3, -0.25) is 9.59 Å². The lowest BCUT2D eigenvalue weighted by Gasteiger charge is -2.26. The molecule has 8 nitrogen and oxygen atoms in total. The van der Waals surface area contributed by atoms with Crippen molar-refractivity contribution < 1.29 is 22.7 Å².